The highest BCUT2D eigenvalue weighted by molar-refractivity contribution is 5.77. The third-order valence-electron chi connectivity index (χ3n) is 2.43. The van der Waals surface area contributed by atoms with Gasteiger partial charge in [-0.15, -0.1) is 0 Å². The number of rotatable bonds is 1. The Balaban J connectivity index is 2.35. The molecule has 16 heavy (non-hydrogen) atoms. The molecule has 0 aromatic heterocycles. The lowest BCUT2D eigenvalue weighted by atomic mass is 10.0. The van der Waals surface area contributed by atoms with Crippen molar-refractivity contribution in [3.8, 4) is 11.5 Å². The third kappa shape index (κ3) is 1.80. The van der Waals surface area contributed by atoms with Crippen molar-refractivity contribution in [3.63, 3.8) is 0 Å². The van der Waals surface area contributed by atoms with Gasteiger partial charge in [0.25, 0.3) is 5.91 Å². The number of carbonyl (C=O) groups excluding carboxylic acids is 1. The van der Waals surface area contributed by atoms with E-state index in [-0.39, 0.29) is 24.0 Å². The van der Waals surface area contributed by atoms with Crippen LogP contribution >= 0.6 is 0 Å². The van der Waals surface area contributed by atoms with Crippen molar-refractivity contribution in [1.29, 1.82) is 0 Å². The zero-order valence-electron chi connectivity index (χ0n) is 8.65. The fraction of sp³-hybridized carbons (Fsp3) is 0.300. The molecule has 1 aromatic carbocycles. The summed E-state index contributed by atoms with van der Waals surface area (Å²) in [6.07, 6.45) is 0. The molecule has 0 spiro atoms. The maximum Gasteiger partial charge on any atom is 0.260 e. The first kappa shape index (κ1) is 10.7. The summed E-state index contributed by atoms with van der Waals surface area (Å²) in [5.74, 6) is -0.308. The van der Waals surface area contributed by atoms with Crippen LogP contribution in [0.1, 0.15) is 12.5 Å². The highest BCUT2D eigenvalue weighted by atomic mass is 16.5. The third-order valence-corrected chi connectivity index (χ3v) is 2.43. The molecule has 1 aromatic rings. The van der Waals surface area contributed by atoms with Crippen molar-refractivity contribution >= 4 is 5.91 Å². The van der Waals surface area contributed by atoms with Crippen molar-refractivity contribution in [3.05, 3.63) is 23.8 Å². The van der Waals surface area contributed by atoms with Gasteiger partial charge < -0.3 is 14.9 Å². The highest BCUT2D eigenvalue weighted by Crippen LogP contribution is 2.33. The molecule has 1 aliphatic rings. The second-order valence-corrected chi connectivity index (χ2v) is 3.70. The molecule has 4 N–H and O–H groups in total. The van der Waals surface area contributed by atoms with Crippen LogP contribution in [-0.4, -0.2) is 22.7 Å². The van der Waals surface area contributed by atoms with E-state index in [0.29, 0.717) is 5.56 Å². The SMILES string of the molecule is CC1(c2cc(O)ccc2O)NNC(=O)CO1. The maximum absolute atomic E-state index is 10.9. The maximum atomic E-state index is 10.9. The van der Waals surface area contributed by atoms with Crippen molar-refractivity contribution in [1.82, 2.24) is 10.9 Å². The van der Waals surface area contributed by atoms with E-state index in [2.05, 4.69) is 10.9 Å². The van der Waals surface area contributed by atoms with Crippen LogP contribution in [0.2, 0.25) is 0 Å². The summed E-state index contributed by atoms with van der Waals surface area (Å²) in [6, 6.07) is 4.10. The number of hydrogen-bond donors (Lipinski definition) is 4. The first-order chi connectivity index (χ1) is 7.51. The first-order valence-corrected chi connectivity index (χ1v) is 4.74. The molecular weight excluding hydrogens is 212 g/mol. The molecule has 0 bridgehead atoms. The number of benzene rings is 1. The number of hydrogen-bond acceptors (Lipinski definition) is 5. The van der Waals surface area contributed by atoms with Crippen LogP contribution < -0.4 is 10.9 Å². The minimum absolute atomic E-state index is 0.0105. The molecule has 1 aliphatic heterocycles. The van der Waals surface area contributed by atoms with Gasteiger partial charge in [-0.1, -0.05) is 0 Å². The monoisotopic (exact) mass is 224 g/mol. The Labute approximate surface area is 91.8 Å². The van der Waals surface area contributed by atoms with Crippen molar-refractivity contribution < 1.29 is 19.7 Å². The van der Waals surface area contributed by atoms with Gasteiger partial charge in [-0.2, -0.15) is 5.43 Å². The van der Waals surface area contributed by atoms with E-state index in [1.54, 1.807) is 6.92 Å². The summed E-state index contributed by atoms with van der Waals surface area (Å²) < 4.78 is 5.31. The van der Waals surface area contributed by atoms with Gasteiger partial charge in [0, 0.05) is 5.56 Å². The van der Waals surface area contributed by atoms with E-state index in [4.69, 9.17) is 4.74 Å². The minimum atomic E-state index is -1.06. The lowest BCUT2D eigenvalue weighted by Crippen LogP contribution is -2.58. The van der Waals surface area contributed by atoms with Gasteiger partial charge in [0.2, 0.25) is 0 Å². The summed E-state index contributed by atoms with van der Waals surface area (Å²) in [5, 5.41) is 19.0. The Morgan fingerprint density at radius 3 is 2.81 bits per heavy atom. The number of amides is 1. The fourth-order valence-corrected chi connectivity index (χ4v) is 1.52. The lowest BCUT2D eigenvalue weighted by Gasteiger charge is -2.35. The van der Waals surface area contributed by atoms with Gasteiger partial charge in [0.15, 0.2) is 5.72 Å². The van der Waals surface area contributed by atoms with Gasteiger partial charge in [-0.05, 0) is 25.1 Å². The van der Waals surface area contributed by atoms with Gasteiger partial charge >= 0.3 is 0 Å². The molecular formula is C10H12N2O4. The summed E-state index contributed by atoms with van der Waals surface area (Å²) in [5.41, 5.74) is 4.34. The molecule has 1 amide bonds. The normalized spacial score (nSPS) is 25.2. The Bertz CT molecular complexity index is 423. The predicted molar refractivity (Wildman–Crippen MR) is 54.4 cm³/mol. The zero-order valence-corrected chi connectivity index (χ0v) is 8.65. The first-order valence-electron chi connectivity index (χ1n) is 4.74. The molecule has 0 saturated carbocycles. The molecule has 2 rings (SSSR count). The van der Waals surface area contributed by atoms with E-state index >= 15 is 0 Å². The molecule has 0 radical (unpaired) electrons. The lowest BCUT2D eigenvalue weighted by molar-refractivity contribution is -0.155. The number of ether oxygens (including phenoxy) is 1. The van der Waals surface area contributed by atoms with Crippen LogP contribution in [0.25, 0.3) is 0 Å². The van der Waals surface area contributed by atoms with Crippen molar-refractivity contribution in [2.45, 2.75) is 12.6 Å². The number of carbonyl (C=O) groups is 1. The summed E-state index contributed by atoms with van der Waals surface area (Å²) in [4.78, 5) is 10.9. The quantitative estimate of drug-likeness (QED) is 0.501. The van der Waals surface area contributed by atoms with Crippen LogP contribution in [-0.2, 0) is 15.3 Å². The molecule has 0 aliphatic carbocycles. The predicted octanol–water partition coefficient (Wildman–Crippen LogP) is -0.0785. The van der Waals surface area contributed by atoms with Crippen molar-refractivity contribution in [2.75, 3.05) is 6.61 Å². The van der Waals surface area contributed by atoms with E-state index in [9.17, 15) is 15.0 Å². The molecule has 6 heteroatoms. The minimum Gasteiger partial charge on any atom is -0.508 e. The molecule has 1 fully saturated rings. The number of phenols is 2. The Kier molecular flexibility index (Phi) is 2.45. The Morgan fingerprint density at radius 2 is 2.19 bits per heavy atom. The second kappa shape index (κ2) is 3.66. The highest BCUT2D eigenvalue weighted by Gasteiger charge is 2.35. The second-order valence-electron chi connectivity index (χ2n) is 3.70. The largest absolute Gasteiger partial charge is 0.508 e. The van der Waals surface area contributed by atoms with Crippen LogP contribution in [0.4, 0.5) is 0 Å². The number of nitrogens with one attached hydrogen (secondary N) is 2. The molecule has 86 valence electrons. The van der Waals surface area contributed by atoms with Crippen LogP contribution in [0, 0.1) is 0 Å². The number of hydrazine groups is 1. The van der Waals surface area contributed by atoms with Gasteiger partial charge in [0.05, 0.1) is 0 Å². The molecule has 1 heterocycles. The standard InChI is InChI=1S/C10H12N2O4/c1-10(12-11-9(15)5-16-10)7-4-6(13)2-3-8(7)14/h2-4,12-14H,5H2,1H3,(H,11,15). The Hall–Kier alpha value is -1.79. The molecule has 1 saturated heterocycles. The van der Waals surface area contributed by atoms with Gasteiger partial charge in [-0.25, -0.2) is 0 Å². The summed E-state index contributed by atoms with van der Waals surface area (Å²) in [7, 11) is 0. The van der Waals surface area contributed by atoms with Crippen LogP contribution in [0.3, 0.4) is 0 Å². The van der Waals surface area contributed by atoms with E-state index in [1.807, 2.05) is 0 Å². The van der Waals surface area contributed by atoms with E-state index in [0.717, 1.165) is 0 Å². The van der Waals surface area contributed by atoms with E-state index < -0.39 is 5.72 Å². The molecule has 1 unspecified atom stereocenters. The topological polar surface area (TPSA) is 90.8 Å². The van der Waals surface area contributed by atoms with Gasteiger partial charge in [0.1, 0.15) is 18.1 Å². The van der Waals surface area contributed by atoms with Gasteiger partial charge in [-0.3, -0.25) is 10.2 Å². The number of aromatic hydroxyl groups is 2. The fourth-order valence-electron chi connectivity index (χ4n) is 1.52. The van der Waals surface area contributed by atoms with E-state index in [1.165, 1.54) is 18.2 Å². The average molecular weight is 224 g/mol. The smallest absolute Gasteiger partial charge is 0.260 e. The molecule has 6 nitrogen and oxygen atoms in total. The van der Waals surface area contributed by atoms with Crippen molar-refractivity contribution in [2.24, 2.45) is 0 Å². The number of phenolic OH excluding ortho intramolecular Hbond substituents is 2. The molecule has 1 atom stereocenters. The summed E-state index contributed by atoms with van der Waals surface area (Å²) >= 11 is 0. The van der Waals surface area contributed by atoms with Crippen LogP contribution in [0.5, 0.6) is 11.5 Å². The Morgan fingerprint density at radius 1 is 1.44 bits per heavy atom. The van der Waals surface area contributed by atoms with Crippen LogP contribution in [0.15, 0.2) is 18.2 Å². The average Bonchev–Trinajstić information content (AvgIpc) is 2.26. The summed E-state index contributed by atoms with van der Waals surface area (Å²) in [6.45, 7) is 1.53. The zero-order chi connectivity index (χ0) is 11.8.